The number of primary amides is 1. The Kier molecular flexibility index (Phi) is 46.3. The number of hydrogen-bond acceptors (Lipinski definition) is 32. The molecule has 14 amide bonds. The van der Waals surface area contributed by atoms with Gasteiger partial charge in [-0.15, -0.1) is 11.8 Å². The van der Waals surface area contributed by atoms with Crippen molar-refractivity contribution < 1.29 is 153 Å². The molecule has 0 spiro atoms. The molecule has 0 bridgehead atoms. The lowest BCUT2D eigenvalue weighted by Gasteiger charge is -2.41. The van der Waals surface area contributed by atoms with Crippen molar-refractivity contribution in [2.75, 3.05) is 91.1 Å². The number of nitrogens with one attached hydrogen (secondary N) is 8. The molecule has 7 rings (SSSR count). The number of carboxylic acid groups (broad SMARTS) is 1. The van der Waals surface area contributed by atoms with Gasteiger partial charge in [0.05, 0.1) is 61.4 Å². The number of anilines is 2. The van der Waals surface area contributed by atoms with Crippen LogP contribution in [0.4, 0.5) is 21.1 Å². The molecule has 3 saturated heterocycles. The maximum Gasteiger partial charge on any atom is 0.481 e. The average Bonchev–Trinajstić information content (AvgIpc) is 1.61. The Morgan fingerprint density at radius 1 is 0.713 bits per heavy atom. The van der Waals surface area contributed by atoms with Gasteiger partial charge in [-0.2, -0.15) is 4.31 Å². The summed E-state index contributed by atoms with van der Waals surface area (Å²) in [5.74, 6) is -10.00. The van der Waals surface area contributed by atoms with Gasteiger partial charge >= 0.3 is 41.6 Å². The number of fused-ring (bicyclic) bond motifs is 1. The molecule has 4 aromatic rings. The first kappa shape index (κ1) is 120. The van der Waals surface area contributed by atoms with Crippen molar-refractivity contribution in [3.63, 3.8) is 0 Å². The molecule has 798 valence electrons. The minimum atomic E-state index is -5.68. The second kappa shape index (κ2) is 55.3. The first-order chi connectivity index (χ1) is 67.1. The second-order valence-corrected chi connectivity index (χ2v) is 42.6. The monoisotopic (exact) mass is 2100 g/mol. The predicted octanol–water partition coefficient (Wildman–Crippen LogP) is 3.00. The Hall–Kier alpha value is -10.3. The third-order valence-electron chi connectivity index (χ3n) is 24.8. The number of phosphoric acid groups is 3. The van der Waals surface area contributed by atoms with Crippen molar-refractivity contribution in [2.45, 2.75) is 257 Å². The van der Waals surface area contributed by atoms with Crippen molar-refractivity contribution in [1.29, 1.82) is 0 Å². The molecule has 143 heavy (non-hydrogen) atoms. The quantitative estimate of drug-likeness (QED) is 0.0172. The third-order valence-corrected chi connectivity index (χ3v) is 29.1. The van der Waals surface area contributed by atoms with Gasteiger partial charge in [-0.05, 0) is 85.5 Å². The summed E-state index contributed by atoms with van der Waals surface area (Å²) < 4.78 is 80.8. The molecule has 3 fully saturated rings. The van der Waals surface area contributed by atoms with E-state index < -0.39 is 233 Å². The summed E-state index contributed by atoms with van der Waals surface area (Å²) in [5.41, 5.74) is 10.9. The zero-order valence-electron chi connectivity index (χ0n) is 82.8. The fraction of sp³-hybridized carbons (Fsp3) is 0.652. The lowest BCUT2D eigenvalue weighted by molar-refractivity contribution is -0.148. The number of phosphoric ester groups is 3. The number of likely N-dealkylation sites (tertiary alicyclic amines) is 2. The lowest BCUT2D eigenvalue weighted by Crippen LogP contribution is -2.60. The zero-order valence-corrected chi connectivity index (χ0v) is 86.3. The van der Waals surface area contributed by atoms with Crippen LogP contribution >= 0.6 is 35.2 Å². The van der Waals surface area contributed by atoms with Gasteiger partial charge in [-0.1, -0.05) is 131 Å². The number of nitrogen functional groups attached to an aromatic ring is 1. The van der Waals surface area contributed by atoms with Crippen molar-refractivity contribution in [3.8, 4) is 0 Å². The van der Waals surface area contributed by atoms with Crippen molar-refractivity contribution in [2.24, 2.45) is 40.7 Å². The second-order valence-electron chi connectivity index (χ2n) is 37.1. The number of hydrogen-bond donors (Lipinski definition) is 17. The highest BCUT2D eigenvalue weighted by Crippen LogP contribution is 2.61. The largest absolute Gasteiger partial charge is 0.481 e. The number of benzene rings is 2. The normalized spacial score (nSPS) is 19.9. The van der Waals surface area contributed by atoms with E-state index >= 15 is 0 Å². The minimum Gasteiger partial charge on any atom is -0.480 e. The number of imidazole rings is 1. The summed E-state index contributed by atoms with van der Waals surface area (Å²) in [7, 11) is -10.8. The van der Waals surface area contributed by atoms with E-state index in [1.165, 1.54) is 52.1 Å². The molecule has 0 saturated carbocycles. The lowest BCUT2D eigenvalue weighted by atomic mass is 9.87. The van der Waals surface area contributed by atoms with E-state index in [-0.39, 0.29) is 118 Å². The summed E-state index contributed by atoms with van der Waals surface area (Å²) in [6.07, 6.45) is -7.40. The third kappa shape index (κ3) is 35.5. The van der Waals surface area contributed by atoms with Gasteiger partial charge in [-0.3, -0.25) is 80.7 Å². The number of imide groups is 1. The first-order valence-electron chi connectivity index (χ1n) is 46.9. The maximum absolute atomic E-state index is 14.9. The molecular formula is C89H139N18O32P3S. The van der Waals surface area contributed by atoms with Crippen LogP contribution in [0.15, 0.2) is 67.3 Å². The van der Waals surface area contributed by atoms with Gasteiger partial charge in [-0.25, -0.2) is 43.0 Å². The molecule has 0 radical (unpaired) electrons. The van der Waals surface area contributed by atoms with Crippen molar-refractivity contribution in [1.82, 2.24) is 76.3 Å². The van der Waals surface area contributed by atoms with Crippen LogP contribution in [0.5, 0.6) is 0 Å². The number of thioether (sulfide) groups is 1. The van der Waals surface area contributed by atoms with E-state index in [4.69, 9.17) is 39.5 Å². The van der Waals surface area contributed by atoms with E-state index in [2.05, 4.69) is 66.3 Å². The predicted molar refractivity (Wildman–Crippen MR) is 515 cm³/mol. The molecule has 19 N–H and O–H groups in total. The number of carbonyl (C=O) groups is 14. The van der Waals surface area contributed by atoms with E-state index in [1.54, 1.807) is 103 Å². The number of methoxy groups -OCH3 is 2. The van der Waals surface area contributed by atoms with Crippen LogP contribution in [0.25, 0.3) is 11.2 Å². The van der Waals surface area contributed by atoms with E-state index in [9.17, 15) is 116 Å². The fourth-order valence-corrected chi connectivity index (χ4v) is 20.6. The molecule has 19 atom stereocenters. The van der Waals surface area contributed by atoms with Crippen LogP contribution < -0.4 is 54.0 Å². The van der Waals surface area contributed by atoms with E-state index in [0.717, 1.165) is 44.3 Å². The molecule has 2 aromatic heterocycles. The standard InChI is InChI=1S/C89H139N18O32P3S/c1-16-52(8)71(60(132-14)42-65(110)105-39-24-28-59(105)73(133-15)53(9)78(114)100-58(86(121)122)41-54-25-19-17-20-26-54)103(12)84(120)68(50(4)5)102-81(117)70(51(6)7)104(13)88(124)134-44-55-30-32-56(33-31-55)98-79(115)57(27-23-35-94-87(91)123)99-80(116)67(49(2)3)101-64(109)29-21-18-22-38-106-66(111)43-62(83(106)119)143-40-37-92-63(108)34-36-93-82(118)75(113)89(10,11)46-136-142(130,131)139-141(128,129)135-45-61-74(138-140(125,126)127)72(112)85(137-61)107-48-97-69-76(90)95-47-96-77(69)107/h17,19-20,25-26,30-33,47-53,57-62,67-68,70-75,85,112-113H,16,18,21-24,27-29,34-46H2,1-15H3,(H,92,108)(H,93,118)(H,98,115)(H,99,116)(H,100,114)(H,101,109)(H,102,117)(H,121,122)(H,128,129)(H,130,131)(H2,90,95,96)(H3,91,94,123)(H2,125,126,127)/t52-,53+,57-,58-,59-,60+,61-,62?,67-,68-,70-,71-,72-,73+,74-,75-,85-/m0/s1. The van der Waals surface area contributed by atoms with Crippen molar-refractivity contribution >= 4 is 141 Å². The number of unbranched alkanes of at least 4 members (excludes halogenated alkanes) is 2. The number of nitrogens with two attached hydrogens (primary N) is 2. The Morgan fingerprint density at radius 2 is 1.38 bits per heavy atom. The van der Waals surface area contributed by atoms with Crippen LogP contribution in [-0.4, -0.2) is 321 Å². The number of carboxylic acids is 1. The van der Waals surface area contributed by atoms with Gasteiger partial charge in [0.25, 0.3) is 0 Å². The number of aliphatic hydroxyl groups is 2. The number of aliphatic hydroxyl groups excluding tert-OH is 2. The molecule has 5 heterocycles. The molecule has 2 aromatic carbocycles. The topological polar surface area (TPSA) is 710 Å². The number of rotatable bonds is 59. The molecule has 0 aliphatic carbocycles. The number of ether oxygens (including phenoxy) is 4. The highest BCUT2D eigenvalue weighted by molar-refractivity contribution is 8.00. The Labute approximate surface area is 832 Å². The van der Waals surface area contributed by atoms with Crippen LogP contribution in [0.3, 0.4) is 0 Å². The molecule has 3 unspecified atom stereocenters. The zero-order chi connectivity index (χ0) is 106. The number of urea groups is 1. The maximum atomic E-state index is 14.9. The summed E-state index contributed by atoms with van der Waals surface area (Å²) in [5, 5.41) is 52.4. The van der Waals surface area contributed by atoms with Gasteiger partial charge in [0.1, 0.15) is 73.1 Å². The molecule has 54 heteroatoms. The van der Waals surface area contributed by atoms with E-state index in [1.807, 2.05) is 13.8 Å². The summed E-state index contributed by atoms with van der Waals surface area (Å²) in [4.78, 5) is 246. The number of carbonyl (C=O) groups excluding carboxylic acids is 13. The van der Waals surface area contributed by atoms with Gasteiger partial charge in [0, 0.05) is 104 Å². The number of aromatic nitrogens is 4. The number of aliphatic carboxylic acids is 1. The molecule has 3 aliphatic heterocycles. The minimum absolute atomic E-state index is 0.00118. The number of nitrogens with zero attached hydrogens (tertiary/aromatic N) is 8. The van der Waals surface area contributed by atoms with Crippen LogP contribution in [0, 0.1) is 35.0 Å². The number of amides is 14. The Morgan fingerprint density at radius 3 is 2.00 bits per heavy atom. The van der Waals surface area contributed by atoms with E-state index in [0.29, 0.717) is 50.6 Å². The molecule has 50 nitrogen and oxygen atoms in total. The Balaban J connectivity index is 0.807. The van der Waals surface area contributed by atoms with Crippen molar-refractivity contribution in [3.05, 3.63) is 78.4 Å². The number of likely N-dealkylation sites (N-methyl/N-ethyl adjacent to an activating group) is 2. The summed E-state index contributed by atoms with van der Waals surface area (Å²) in [6.45, 7) is 16.0. The highest BCUT2D eigenvalue weighted by Gasteiger charge is 2.52. The van der Waals surface area contributed by atoms with Crippen LogP contribution in [0.2, 0.25) is 0 Å². The molecular weight excluding hydrogens is 1960 g/mol. The first-order valence-corrected chi connectivity index (χ1v) is 52.5. The SMILES string of the molecule is CC[C@H](C)[C@@H]([C@@H](CC(=O)N1CCC[C@H]1[C@H](OC)[C@@H](C)C(=O)N[C@@H](Cc1ccccc1)C(=O)O)OC)N(C)C(=O)[C@@H](NC(=O)[C@H](C(C)C)N(C)C(=O)OCc1ccc(NC(=O)[C@H](CCCNC(N)=O)NC(=O)[C@@H](NC(=O)CCCCCN2C(=O)CC(SCCNC(=O)CCNC(=O)[C@H](O)C(C)(C)COP(=O)(O)OP(=O)(O)OC[C@@H]3O[C@H](n4cnc5c(N)ncnc54)[C@@H](O)[C@H]3OP(=O)(O)O)C2=O)C(C)C)cc1)C(C)C. The molecule has 3 aliphatic rings. The Bertz CT molecular complexity index is 5160. The highest BCUT2D eigenvalue weighted by atomic mass is 32.2. The van der Waals surface area contributed by atoms with Crippen LogP contribution in [-0.2, 0) is 121 Å². The van der Waals surface area contributed by atoms with Gasteiger partial charge in [0.2, 0.25) is 65.0 Å². The van der Waals surface area contributed by atoms with Gasteiger partial charge in [0.15, 0.2) is 17.7 Å². The summed E-state index contributed by atoms with van der Waals surface area (Å²) in [6, 6.07) is 7.20. The fourth-order valence-electron chi connectivity index (χ4n) is 16.7. The van der Waals surface area contributed by atoms with Crippen LogP contribution in [0.1, 0.15) is 171 Å². The summed E-state index contributed by atoms with van der Waals surface area (Å²) >= 11 is 1.13. The van der Waals surface area contributed by atoms with Gasteiger partial charge < -0.3 is 118 Å². The average molecular weight is 2100 g/mol. The smallest absolute Gasteiger partial charge is 0.480 e.